The maximum atomic E-state index is 15.1. The molecular formula is C19H26FNO4S2. The molecule has 27 heavy (non-hydrogen) atoms. The van der Waals surface area contributed by atoms with Crippen molar-refractivity contribution in [1.82, 2.24) is 0 Å². The fourth-order valence-electron chi connectivity index (χ4n) is 5.99. The van der Waals surface area contributed by atoms with Crippen LogP contribution in [0.2, 0.25) is 0 Å². The smallest absolute Gasteiger partial charge is 0.231 e. The number of carbonyl (C=O) groups excluding carboxylic acids is 1. The van der Waals surface area contributed by atoms with Gasteiger partial charge in [-0.3, -0.25) is 4.79 Å². The van der Waals surface area contributed by atoms with E-state index in [2.05, 4.69) is 5.32 Å². The number of aryl methyl sites for hydroxylation is 1. The standard InChI is InChI=1S/C19H26FNO4S2/c1-11-8-26-16(15(11)14(22)9-27(2,24)25)21-17(23)18-4-12-3-13(5-18)7-19(20,6-12)10-18/h8,12-14,22H,3-7,9-10H2,1-2H3,(H,21,23). The quantitative estimate of drug-likeness (QED) is 0.772. The molecule has 0 spiro atoms. The summed E-state index contributed by atoms with van der Waals surface area (Å²) in [6, 6.07) is 0. The highest BCUT2D eigenvalue weighted by atomic mass is 32.2. The third kappa shape index (κ3) is 3.56. The number of anilines is 1. The summed E-state index contributed by atoms with van der Waals surface area (Å²) in [4.78, 5) is 13.2. The molecule has 1 aromatic heterocycles. The lowest BCUT2D eigenvalue weighted by Gasteiger charge is -2.58. The minimum atomic E-state index is -3.36. The molecule has 8 heteroatoms. The predicted molar refractivity (Wildman–Crippen MR) is 103 cm³/mol. The highest BCUT2D eigenvalue weighted by molar-refractivity contribution is 7.90. The van der Waals surface area contributed by atoms with E-state index in [1.54, 1.807) is 12.3 Å². The van der Waals surface area contributed by atoms with Crippen molar-refractivity contribution in [2.24, 2.45) is 17.3 Å². The second-order valence-corrected chi connectivity index (χ2v) is 12.2. The molecule has 4 saturated carbocycles. The van der Waals surface area contributed by atoms with Gasteiger partial charge in [-0.2, -0.15) is 0 Å². The molecule has 0 saturated heterocycles. The van der Waals surface area contributed by atoms with Crippen molar-refractivity contribution in [2.45, 2.75) is 57.2 Å². The van der Waals surface area contributed by atoms with E-state index in [-0.39, 0.29) is 24.2 Å². The van der Waals surface area contributed by atoms with Crippen LogP contribution < -0.4 is 5.32 Å². The molecule has 1 heterocycles. The van der Waals surface area contributed by atoms with Crippen molar-refractivity contribution in [3.8, 4) is 0 Å². The number of rotatable bonds is 5. The molecule has 4 aliphatic carbocycles. The van der Waals surface area contributed by atoms with Crippen molar-refractivity contribution < 1.29 is 22.7 Å². The summed E-state index contributed by atoms with van der Waals surface area (Å²) in [5, 5.41) is 15.6. The van der Waals surface area contributed by atoms with Crippen LogP contribution in [0.4, 0.5) is 9.39 Å². The Kier molecular flexibility index (Phi) is 4.48. The number of amides is 1. The summed E-state index contributed by atoms with van der Waals surface area (Å²) in [6.45, 7) is 1.79. The molecule has 0 radical (unpaired) electrons. The number of nitrogens with one attached hydrogen (secondary N) is 1. The van der Waals surface area contributed by atoms with Crippen LogP contribution >= 0.6 is 11.3 Å². The number of sulfone groups is 1. The van der Waals surface area contributed by atoms with Gasteiger partial charge in [0.2, 0.25) is 5.91 Å². The first kappa shape index (κ1) is 19.3. The lowest BCUT2D eigenvalue weighted by Crippen LogP contribution is -2.57. The zero-order valence-electron chi connectivity index (χ0n) is 15.6. The summed E-state index contributed by atoms with van der Waals surface area (Å²) in [5.41, 5.74) is -0.682. The van der Waals surface area contributed by atoms with Crippen molar-refractivity contribution in [1.29, 1.82) is 0 Å². The maximum absolute atomic E-state index is 15.1. The van der Waals surface area contributed by atoms with Gasteiger partial charge in [0, 0.05) is 11.8 Å². The second-order valence-electron chi connectivity index (χ2n) is 9.12. The van der Waals surface area contributed by atoms with Gasteiger partial charge >= 0.3 is 0 Å². The fraction of sp³-hybridized carbons (Fsp3) is 0.737. The molecule has 0 aliphatic heterocycles. The molecule has 150 valence electrons. The molecule has 2 N–H and O–H groups in total. The first-order chi connectivity index (χ1) is 12.5. The van der Waals surface area contributed by atoms with E-state index in [0.29, 0.717) is 23.4 Å². The van der Waals surface area contributed by atoms with Crippen LogP contribution in [0.3, 0.4) is 0 Å². The summed E-state index contributed by atoms with van der Waals surface area (Å²) >= 11 is 1.28. The predicted octanol–water partition coefficient (Wildman–Crippen LogP) is 3.38. The van der Waals surface area contributed by atoms with Gasteiger partial charge in [-0.15, -0.1) is 11.3 Å². The van der Waals surface area contributed by atoms with E-state index >= 15 is 4.39 Å². The fourth-order valence-corrected chi connectivity index (χ4v) is 7.72. The molecule has 1 amide bonds. The lowest BCUT2D eigenvalue weighted by atomic mass is 9.48. The number of aliphatic hydroxyl groups excluding tert-OH is 1. The Hall–Kier alpha value is -0.990. The molecule has 5 nitrogen and oxygen atoms in total. The highest BCUT2D eigenvalue weighted by Gasteiger charge is 2.61. The van der Waals surface area contributed by atoms with Crippen LogP contribution in [-0.4, -0.2) is 37.1 Å². The van der Waals surface area contributed by atoms with Crippen LogP contribution in [-0.2, 0) is 14.6 Å². The number of aliphatic hydroxyl groups is 1. The Bertz CT molecular complexity index is 864. The molecule has 3 atom stereocenters. The van der Waals surface area contributed by atoms with Crippen LogP contribution in [0.15, 0.2) is 5.38 Å². The normalized spacial score (nSPS) is 36.0. The zero-order valence-corrected chi connectivity index (χ0v) is 17.3. The number of carbonyl (C=O) groups is 1. The summed E-state index contributed by atoms with van der Waals surface area (Å²) in [5.74, 6) is -0.00548. The molecule has 0 aromatic carbocycles. The van der Waals surface area contributed by atoms with Gasteiger partial charge in [-0.05, 0) is 68.2 Å². The van der Waals surface area contributed by atoms with Crippen LogP contribution in [0, 0.1) is 24.2 Å². The third-order valence-corrected chi connectivity index (χ3v) is 8.47. The SMILES string of the molecule is Cc1csc(NC(=O)C23CC4CC(CC(F)(C4)C2)C3)c1C(O)CS(C)(=O)=O. The molecule has 1 aromatic rings. The number of hydrogen-bond donors (Lipinski definition) is 2. The van der Waals surface area contributed by atoms with E-state index in [1.807, 2.05) is 0 Å². The summed E-state index contributed by atoms with van der Waals surface area (Å²) < 4.78 is 38.3. The largest absolute Gasteiger partial charge is 0.387 e. The molecule has 5 rings (SSSR count). The topological polar surface area (TPSA) is 83.5 Å². The number of hydrogen-bond acceptors (Lipinski definition) is 5. The first-order valence-corrected chi connectivity index (χ1v) is 12.4. The minimum Gasteiger partial charge on any atom is -0.387 e. The molecule has 3 unspecified atom stereocenters. The highest BCUT2D eigenvalue weighted by Crippen LogP contribution is 2.63. The molecule has 4 bridgehead atoms. The van der Waals surface area contributed by atoms with E-state index in [0.717, 1.165) is 31.1 Å². The Morgan fingerprint density at radius 1 is 1.37 bits per heavy atom. The summed E-state index contributed by atoms with van der Waals surface area (Å²) in [7, 11) is -3.36. The molecule has 4 fully saturated rings. The Morgan fingerprint density at radius 3 is 2.56 bits per heavy atom. The average molecular weight is 416 g/mol. The van der Waals surface area contributed by atoms with Gasteiger partial charge in [-0.25, -0.2) is 12.8 Å². The molecular weight excluding hydrogens is 389 g/mol. The Balaban J connectivity index is 1.58. The average Bonchev–Trinajstić information content (AvgIpc) is 2.83. The van der Waals surface area contributed by atoms with E-state index in [9.17, 15) is 18.3 Å². The van der Waals surface area contributed by atoms with E-state index in [1.165, 1.54) is 11.3 Å². The van der Waals surface area contributed by atoms with Crippen molar-refractivity contribution in [2.75, 3.05) is 17.3 Å². The number of alkyl halides is 1. The monoisotopic (exact) mass is 415 g/mol. The van der Waals surface area contributed by atoms with E-state index in [4.69, 9.17) is 0 Å². The van der Waals surface area contributed by atoms with Gasteiger partial charge < -0.3 is 10.4 Å². The van der Waals surface area contributed by atoms with Gasteiger partial charge in [0.05, 0.1) is 17.3 Å². The van der Waals surface area contributed by atoms with Gasteiger partial charge in [0.1, 0.15) is 20.5 Å². The zero-order chi connectivity index (χ0) is 19.6. The van der Waals surface area contributed by atoms with Gasteiger partial charge in [0.15, 0.2) is 0 Å². The van der Waals surface area contributed by atoms with Crippen molar-refractivity contribution in [3.63, 3.8) is 0 Å². The van der Waals surface area contributed by atoms with Gasteiger partial charge in [-0.1, -0.05) is 0 Å². The maximum Gasteiger partial charge on any atom is 0.231 e. The van der Waals surface area contributed by atoms with Crippen LogP contribution in [0.25, 0.3) is 0 Å². The Morgan fingerprint density at radius 2 is 2.00 bits per heavy atom. The number of thiophene rings is 1. The van der Waals surface area contributed by atoms with Crippen LogP contribution in [0.1, 0.15) is 55.8 Å². The van der Waals surface area contributed by atoms with Crippen molar-refractivity contribution in [3.05, 3.63) is 16.5 Å². The van der Waals surface area contributed by atoms with Gasteiger partial charge in [0.25, 0.3) is 0 Å². The number of halogens is 1. The molecule has 4 aliphatic rings. The second kappa shape index (κ2) is 6.26. The third-order valence-electron chi connectivity index (χ3n) is 6.52. The minimum absolute atomic E-state index is 0.173. The van der Waals surface area contributed by atoms with Crippen LogP contribution in [0.5, 0.6) is 0 Å². The van der Waals surface area contributed by atoms with E-state index < -0.39 is 32.8 Å². The van der Waals surface area contributed by atoms with Crippen molar-refractivity contribution >= 4 is 32.1 Å². The summed E-state index contributed by atoms with van der Waals surface area (Å²) in [6.07, 6.45) is 3.81. The Labute approximate surface area is 163 Å². The first-order valence-electron chi connectivity index (χ1n) is 9.43. The lowest BCUT2D eigenvalue weighted by molar-refractivity contribution is -0.155.